The third-order valence-electron chi connectivity index (χ3n) is 3.41. The van der Waals surface area contributed by atoms with E-state index in [4.69, 9.17) is 4.74 Å². The summed E-state index contributed by atoms with van der Waals surface area (Å²) < 4.78 is 5.37. The largest absolute Gasteiger partial charge is 0.496 e. The van der Waals surface area contributed by atoms with E-state index in [0.29, 0.717) is 6.42 Å². The maximum atomic E-state index is 12.1. The highest BCUT2D eigenvalue weighted by atomic mass is 32.1. The molecule has 2 aromatic rings. The first-order valence-corrected chi connectivity index (χ1v) is 7.94. The zero-order valence-corrected chi connectivity index (χ0v) is 13.5. The standard InChI is InChI=1S/C17H21NO2S/c1-12-6-8-16(20-3)15(11-12)13(2)18-17(19)9-7-14-5-4-10-21-14/h4-6,8,10-11,13H,7,9H2,1-3H3,(H,18,19). The Balaban J connectivity index is 1.95. The number of benzene rings is 1. The fourth-order valence-corrected chi connectivity index (χ4v) is 2.98. The Labute approximate surface area is 130 Å². The minimum atomic E-state index is -0.0596. The van der Waals surface area contributed by atoms with Crippen molar-refractivity contribution in [3.8, 4) is 5.75 Å². The molecule has 0 saturated heterocycles. The van der Waals surface area contributed by atoms with Gasteiger partial charge in [-0.1, -0.05) is 23.8 Å². The Hall–Kier alpha value is -1.81. The Morgan fingerprint density at radius 2 is 2.19 bits per heavy atom. The highest BCUT2D eigenvalue weighted by molar-refractivity contribution is 7.09. The quantitative estimate of drug-likeness (QED) is 0.879. The van der Waals surface area contributed by atoms with Crippen molar-refractivity contribution >= 4 is 17.2 Å². The van der Waals surface area contributed by atoms with Gasteiger partial charge in [-0.3, -0.25) is 4.79 Å². The fraction of sp³-hybridized carbons (Fsp3) is 0.353. The minimum Gasteiger partial charge on any atom is -0.496 e. The van der Waals surface area contributed by atoms with Gasteiger partial charge in [0.2, 0.25) is 5.91 Å². The molecule has 1 unspecified atom stereocenters. The van der Waals surface area contributed by atoms with Crippen LogP contribution < -0.4 is 10.1 Å². The van der Waals surface area contributed by atoms with E-state index >= 15 is 0 Å². The molecule has 1 heterocycles. The van der Waals surface area contributed by atoms with E-state index in [9.17, 15) is 4.79 Å². The zero-order chi connectivity index (χ0) is 15.2. The van der Waals surface area contributed by atoms with Crippen LogP contribution in [0.3, 0.4) is 0 Å². The molecular weight excluding hydrogens is 282 g/mol. The first-order chi connectivity index (χ1) is 10.1. The lowest BCUT2D eigenvalue weighted by Crippen LogP contribution is -2.27. The van der Waals surface area contributed by atoms with Crippen molar-refractivity contribution in [3.05, 3.63) is 51.7 Å². The highest BCUT2D eigenvalue weighted by Gasteiger charge is 2.14. The number of ether oxygens (including phenoxy) is 1. The van der Waals surface area contributed by atoms with Gasteiger partial charge in [-0.05, 0) is 37.8 Å². The van der Waals surface area contributed by atoms with Gasteiger partial charge in [-0.15, -0.1) is 11.3 Å². The summed E-state index contributed by atoms with van der Waals surface area (Å²) in [5.41, 5.74) is 2.17. The van der Waals surface area contributed by atoms with Crippen molar-refractivity contribution < 1.29 is 9.53 Å². The molecule has 1 aromatic heterocycles. The second-order valence-electron chi connectivity index (χ2n) is 5.11. The molecule has 0 aliphatic heterocycles. The van der Waals surface area contributed by atoms with Crippen LogP contribution in [0.15, 0.2) is 35.7 Å². The van der Waals surface area contributed by atoms with Gasteiger partial charge < -0.3 is 10.1 Å². The Morgan fingerprint density at radius 3 is 2.86 bits per heavy atom. The van der Waals surface area contributed by atoms with E-state index in [1.54, 1.807) is 18.4 Å². The third kappa shape index (κ3) is 4.33. The second kappa shape index (κ2) is 7.27. The van der Waals surface area contributed by atoms with Crippen LogP contribution in [0.5, 0.6) is 5.75 Å². The van der Waals surface area contributed by atoms with Gasteiger partial charge in [0.25, 0.3) is 0 Å². The van der Waals surface area contributed by atoms with Crippen LogP contribution in [0, 0.1) is 6.92 Å². The van der Waals surface area contributed by atoms with Crippen LogP contribution in [-0.2, 0) is 11.2 Å². The van der Waals surface area contributed by atoms with E-state index in [1.807, 2.05) is 37.4 Å². The summed E-state index contributed by atoms with van der Waals surface area (Å²) in [6, 6.07) is 10.0. The molecule has 0 saturated carbocycles. The van der Waals surface area contributed by atoms with Gasteiger partial charge in [0.1, 0.15) is 5.75 Å². The normalized spacial score (nSPS) is 12.0. The molecule has 112 valence electrons. The topological polar surface area (TPSA) is 38.3 Å². The van der Waals surface area contributed by atoms with Crippen LogP contribution in [0.2, 0.25) is 0 Å². The summed E-state index contributed by atoms with van der Waals surface area (Å²) in [4.78, 5) is 13.3. The molecule has 1 amide bonds. The van der Waals surface area contributed by atoms with Crippen LogP contribution in [-0.4, -0.2) is 13.0 Å². The van der Waals surface area contributed by atoms with Crippen molar-refractivity contribution in [2.24, 2.45) is 0 Å². The van der Waals surface area contributed by atoms with E-state index < -0.39 is 0 Å². The second-order valence-corrected chi connectivity index (χ2v) is 6.15. The first kappa shape index (κ1) is 15.6. The summed E-state index contributed by atoms with van der Waals surface area (Å²) in [6.45, 7) is 4.02. The summed E-state index contributed by atoms with van der Waals surface area (Å²) in [6.07, 6.45) is 1.31. The number of rotatable bonds is 6. The van der Waals surface area contributed by atoms with Gasteiger partial charge in [-0.2, -0.15) is 0 Å². The maximum Gasteiger partial charge on any atom is 0.220 e. The van der Waals surface area contributed by atoms with Gasteiger partial charge in [0.15, 0.2) is 0 Å². The molecule has 3 nitrogen and oxygen atoms in total. The lowest BCUT2D eigenvalue weighted by molar-refractivity contribution is -0.121. The molecule has 4 heteroatoms. The molecule has 0 fully saturated rings. The summed E-state index contributed by atoms with van der Waals surface area (Å²) in [7, 11) is 1.65. The fourth-order valence-electron chi connectivity index (χ4n) is 2.28. The van der Waals surface area contributed by atoms with E-state index in [0.717, 1.165) is 23.3 Å². The van der Waals surface area contributed by atoms with Crippen molar-refractivity contribution in [3.63, 3.8) is 0 Å². The molecular formula is C17H21NO2S. The number of carbonyl (C=O) groups excluding carboxylic acids is 1. The van der Waals surface area contributed by atoms with E-state index in [2.05, 4.69) is 17.4 Å². The van der Waals surface area contributed by atoms with Crippen LogP contribution in [0.1, 0.15) is 35.4 Å². The van der Waals surface area contributed by atoms with Crippen molar-refractivity contribution in [2.75, 3.05) is 7.11 Å². The summed E-state index contributed by atoms with van der Waals surface area (Å²) >= 11 is 1.69. The van der Waals surface area contributed by atoms with Gasteiger partial charge in [0.05, 0.1) is 13.2 Å². The molecule has 1 N–H and O–H groups in total. The summed E-state index contributed by atoms with van der Waals surface area (Å²) in [5, 5.41) is 5.08. The minimum absolute atomic E-state index is 0.0596. The lowest BCUT2D eigenvalue weighted by Gasteiger charge is -2.18. The first-order valence-electron chi connectivity index (χ1n) is 7.06. The number of methoxy groups -OCH3 is 1. The van der Waals surface area contributed by atoms with Crippen LogP contribution in [0.25, 0.3) is 0 Å². The zero-order valence-electron chi connectivity index (χ0n) is 12.7. The van der Waals surface area contributed by atoms with Gasteiger partial charge >= 0.3 is 0 Å². The predicted octanol–water partition coefficient (Wildman–Crippen LogP) is 3.88. The number of nitrogens with one attached hydrogen (secondary N) is 1. The Morgan fingerprint density at radius 1 is 1.38 bits per heavy atom. The lowest BCUT2D eigenvalue weighted by atomic mass is 10.0. The van der Waals surface area contributed by atoms with E-state index in [-0.39, 0.29) is 11.9 Å². The predicted molar refractivity (Wildman–Crippen MR) is 86.9 cm³/mol. The van der Waals surface area contributed by atoms with Crippen LogP contribution in [0.4, 0.5) is 0 Å². The number of hydrogen-bond acceptors (Lipinski definition) is 3. The molecule has 2 rings (SSSR count). The van der Waals surface area contributed by atoms with Gasteiger partial charge in [0, 0.05) is 16.9 Å². The van der Waals surface area contributed by atoms with Crippen molar-refractivity contribution in [2.45, 2.75) is 32.7 Å². The molecule has 0 aliphatic rings. The van der Waals surface area contributed by atoms with Gasteiger partial charge in [-0.25, -0.2) is 0 Å². The number of thiophene rings is 1. The molecule has 21 heavy (non-hydrogen) atoms. The molecule has 0 radical (unpaired) electrons. The smallest absolute Gasteiger partial charge is 0.220 e. The van der Waals surface area contributed by atoms with E-state index in [1.165, 1.54) is 4.88 Å². The van der Waals surface area contributed by atoms with Crippen molar-refractivity contribution in [1.29, 1.82) is 0 Å². The summed E-state index contributed by atoms with van der Waals surface area (Å²) in [5.74, 6) is 0.881. The SMILES string of the molecule is COc1ccc(C)cc1C(C)NC(=O)CCc1cccs1. The number of hydrogen-bond donors (Lipinski definition) is 1. The maximum absolute atomic E-state index is 12.1. The molecule has 1 aromatic carbocycles. The number of carbonyl (C=O) groups is 1. The molecule has 1 atom stereocenters. The number of amides is 1. The third-order valence-corrected chi connectivity index (χ3v) is 4.34. The molecule has 0 aliphatic carbocycles. The molecule has 0 bridgehead atoms. The average molecular weight is 303 g/mol. The average Bonchev–Trinajstić information content (AvgIpc) is 2.98. The molecule has 0 spiro atoms. The number of aryl methyl sites for hydroxylation is 2. The van der Waals surface area contributed by atoms with Crippen LogP contribution >= 0.6 is 11.3 Å². The highest BCUT2D eigenvalue weighted by Crippen LogP contribution is 2.26. The Kier molecular flexibility index (Phi) is 5.39. The Bertz CT molecular complexity index is 593. The van der Waals surface area contributed by atoms with Crippen molar-refractivity contribution in [1.82, 2.24) is 5.32 Å². The monoisotopic (exact) mass is 303 g/mol.